The van der Waals surface area contributed by atoms with Crippen LogP contribution in [0.1, 0.15) is 31.9 Å². The predicted octanol–water partition coefficient (Wildman–Crippen LogP) is 4.04. The minimum Gasteiger partial charge on any atom is -0.324 e. The second kappa shape index (κ2) is 5.01. The van der Waals surface area contributed by atoms with E-state index in [2.05, 4.69) is 13.8 Å². The van der Waals surface area contributed by atoms with E-state index in [1.165, 1.54) is 0 Å². The first-order valence-electron chi connectivity index (χ1n) is 4.76. The largest absolute Gasteiger partial charge is 0.324 e. The zero-order chi connectivity index (χ0) is 10.7. The highest BCUT2D eigenvalue weighted by Crippen LogP contribution is 2.28. The molecule has 0 aliphatic rings. The molecule has 0 fully saturated rings. The Morgan fingerprint density at radius 3 is 2.43 bits per heavy atom. The van der Waals surface area contributed by atoms with Gasteiger partial charge >= 0.3 is 0 Å². The van der Waals surface area contributed by atoms with E-state index in [4.69, 9.17) is 28.9 Å². The molecular formula is C11H15Cl2N. The Balaban J connectivity index is 2.91. The lowest BCUT2D eigenvalue weighted by Crippen LogP contribution is -2.18. The first-order valence-corrected chi connectivity index (χ1v) is 5.52. The van der Waals surface area contributed by atoms with Gasteiger partial charge in [-0.3, -0.25) is 0 Å². The lowest BCUT2D eigenvalue weighted by molar-refractivity contribution is 0.457. The quantitative estimate of drug-likeness (QED) is 0.836. The SMILES string of the molecule is CCC(C)C(N)c1ccc(Cl)c(Cl)c1. The molecule has 0 aliphatic carbocycles. The molecule has 0 aliphatic heterocycles. The Hall–Kier alpha value is -0.240. The molecule has 0 saturated carbocycles. The maximum absolute atomic E-state index is 6.07. The van der Waals surface area contributed by atoms with E-state index >= 15 is 0 Å². The van der Waals surface area contributed by atoms with Crippen LogP contribution in [0.5, 0.6) is 0 Å². The molecule has 1 rings (SSSR count). The number of hydrogen-bond acceptors (Lipinski definition) is 1. The van der Waals surface area contributed by atoms with Gasteiger partial charge in [0.05, 0.1) is 10.0 Å². The summed E-state index contributed by atoms with van der Waals surface area (Å²) in [6.07, 6.45) is 1.06. The van der Waals surface area contributed by atoms with Gasteiger partial charge in [-0.2, -0.15) is 0 Å². The first kappa shape index (κ1) is 11.8. The zero-order valence-corrected chi connectivity index (χ0v) is 9.94. The van der Waals surface area contributed by atoms with E-state index in [-0.39, 0.29) is 6.04 Å². The van der Waals surface area contributed by atoms with Gasteiger partial charge in [-0.25, -0.2) is 0 Å². The Morgan fingerprint density at radius 1 is 1.29 bits per heavy atom. The van der Waals surface area contributed by atoms with Gasteiger partial charge in [-0.05, 0) is 23.6 Å². The van der Waals surface area contributed by atoms with Crippen LogP contribution >= 0.6 is 23.2 Å². The van der Waals surface area contributed by atoms with Crippen LogP contribution in [0.3, 0.4) is 0 Å². The van der Waals surface area contributed by atoms with Crippen molar-refractivity contribution in [1.29, 1.82) is 0 Å². The molecule has 2 atom stereocenters. The van der Waals surface area contributed by atoms with Crippen LogP contribution in [0.15, 0.2) is 18.2 Å². The fraction of sp³-hybridized carbons (Fsp3) is 0.455. The first-order chi connectivity index (χ1) is 6.56. The van der Waals surface area contributed by atoms with Crippen LogP contribution in [-0.4, -0.2) is 0 Å². The van der Waals surface area contributed by atoms with Crippen molar-refractivity contribution in [3.8, 4) is 0 Å². The molecular weight excluding hydrogens is 217 g/mol. The summed E-state index contributed by atoms with van der Waals surface area (Å²) in [6.45, 7) is 4.26. The molecule has 2 unspecified atom stereocenters. The van der Waals surface area contributed by atoms with E-state index in [1.54, 1.807) is 6.07 Å². The Kier molecular flexibility index (Phi) is 4.24. The van der Waals surface area contributed by atoms with E-state index in [0.717, 1.165) is 12.0 Å². The second-order valence-corrected chi connectivity index (χ2v) is 4.40. The molecule has 78 valence electrons. The third-order valence-corrected chi connectivity index (χ3v) is 3.32. The van der Waals surface area contributed by atoms with E-state index < -0.39 is 0 Å². The van der Waals surface area contributed by atoms with Crippen LogP contribution in [0.2, 0.25) is 10.0 Å². The molecule has 0 bridgehead atoms. The van der Waals surface area contributed by atoms with Gasteiger partial charge in [-0.15, -0.1) is 0 Å². The Morgan fingerprint density at radius 2 is 1.93 bits per heavy atom. The number of hydrogen-bond donors (Lipinski definition) is 1. The fourth-order valence-corrected chi connectivity index (χ4v) is 1.61. The zero-order valence-electron chi connectivity index (χ0n) is 8.43. The number of rotatable bonds is 3. The molecule has 1 aromatic carbocycles. The van der Waals surface area contributed by atoms with Crippen LogP contribution in [0.4, 0.5) is 0 Å². The van der Waals surface area contributed by atoms with Gasteiger partial charge in [0, 0.05) is 6.04 Å². The molecule has 0 saturated heterocycles. The van der Waals surface area contributed by atoms with E-state index in [0.29, 0.717) is 16.0 Å². The molecule has 3 heteroatoms. The predicted molar refractivity (Wildman–Crippen MR) is 62.8 cm³/mol. The van der Waals surface area contributed by atoms with Crippen molar-refractivity contribution < 1.29 is 0 Å². The van der Waals surface area contributed by atoms with Crippen LogP contribution in [0, 0.1) is 5.92 Å². The fourth-order valence-electron chi connectivity index (χ4n) is 1.30. The summed E-state index contributed by atoms with van der Waals surface area (Å²) in [5.41, 5.74) is 7.12. The summed E-state index contributed by atoms with van der Waals surface area (Å²) >= 11 is 11.7. The van der Waals surface area contributed by atoms with Gasteiger partial charge in [0.25, 0.3) is 0 Å². The number of benzene rings is 1. The van der Waals surface area contributed by atoms with Crippen molar-refractivity contribution in [3.63, 3.8) is 0 Å². The number of halogens is 2. The minimum absolute atomic E-state index is 0.0368. The molecule has 14 heavy (non-hydrogen) atoms. The topological polar surface area (TPSA) is 26.0 Å². The van der Waals surface area contributed by atoms with Crippen molar-refractivity contribution in [2.75, 3.05) is 0 Å². The maximum Gasteiger partial charge on any atom is 0.0595 e. The van der Waals surface area contributed by atoms with Crippen molar-refractivity contribution in [3.05, 3.63) is 33.8 Å². The smallest absolute Gasteiger partial charge is 0.0595 e. The average Bonchev–Trinajstić information content (AvgIpc) is 2.20. The third-order valence-electron chi connectivity index (χ3n) is 2.59. The van der Waals surface area contributed by atoms with Crippen molar-refractivity contribution in [2.45, 2.75) is 26.3 Å². The van der Waals surface area contributed by atoms with Crippen molar-refractivity contribution in [1.82, 2.24) is 0 Å². The van der Waals surface area contributed by atoms with Gasteiger partial charge in [0.15, 0.2) is 0 Å². The van der Waals surface area contributed by atoms with Crippen molar-refractivity contribution in [2.24, 2.45) is 11.7 Å². The lowest BCUT2D eigenvalue weighted by atomic mass is 9.93. The summed E-state index contributed by atoms with van der Waals surface area (Å²) < 4.78 is 0. The molecule has 0 radical (unpaired) electrons. The number of nitrogens with two attached hydrogens (primary N) is 1. The van der Waals surface area contributed by atoms with E-state index in [9.17, 15) is 0 Å². The highest BCUT2D eigenvalue weighted by atomic mass is 35.5. The minimum atomic E-state index is 0.0368. The summed E-state index contributed by atoms with van der Waals surface area (Å²) in [6, 6.07) is 5.61. The summed E-state index contributed by atoms with van der Waals surface area (Å²) in [5, 5.41) is 1.15. The summed E-state index contributed by atoms with van der Waals surface area (Å²) in [4.78, 5) is 0. The Labute approximate surface area is 95.2 Å². The summed E-state index contributed by atoms with van der Waals surface area (Å²) in [7, 11) is 0. The monoisotopic (exact) mass is 231 g/mol. The molecule has 1 aromatic rings. The normalized spacial score (nSPS) is 15.2. The van der Waals surface area contributed by atoms with Gasteiger partial charge in [0.1, 0.15) is 0 Å². The molecule has 0 heterocycles. The van der Waals surface area contributed by atoms with Gasteiger partial charge in [0.2, 0.25) is 0 Å². The molecule has 1 nitrogen and oxygen atoms in total. The second-order valence-electron chi connectivity index (χ2n) is 3.58. The average molecular weight is 232 g/mol. The van der Waals surface area contributed by atoms with Crippen LogP contribution in [-0.2, 0) is 0 Å². The molecule has 2 N–H and O–H groups in total. The highest BCUT2D eigenvalue weighted by molar-refractivity contribution is 6.42. The molecule has 0 amide bonds. The molecule has 0 spiro atoms. The van der Waals surface area contributed by atoms with E-state index in [1.807, 2.05) is 12.1 Å². The summed E-state index contributed by atoms with van der Waals surface area (Å²) in [5.74, 6) is 0.451. The lowest BCUT2D eigenvalue weighted by Gasteiger charge is -2.18. The Bertz CT molecular complexity index is 312. The standard InChI is InChI=1S/C11H15Cl2N/c1-3-7(2)11(14)8-4-5-9(12)10(13)6-8/h4-7,11H,3,14H2,1-2H3. The van der Waals surface area contributed by atoms with Crippen LogP contribution in [0.25, 0.3) is 0 Å². The highest BCUT2D eigenvalue weighted by Gasteiger charge is 2.13. The van der Waals surface area contributed by atoms with Crippen molar-refractivity contribution >= 4 is 23.2 Å². The third kappa shape index (κ3) is 2.63. The van der Waals surface area contributed by atoms with Crippen LogP contribution < -0.4 is 5.73 Å². The van der Waals surface area contributed by atoms with Gasteiger partial charge in [-0.1, -0.05) is 49.5 Å². The maximum atomic E-state index is 6.07. The molecule has 0 aromatic heterocycles. The van der Waals surface area contributed by atoms with Gasteiger partial charge < -0.3 is 5.73 Å².